The van der Waals surface area contributed by atoms with E-state index in [4.69, 9.17) is 21.6 Å². The number of halogens is 1. The molecule has 6 nitrogen and oxygen atoms in total. The highest BCUT2D eigenvalue weighted by Crippen LogP contribution is 2.34. The van der Waals surface area contributed by atoms with Crippen LogP contribution in [0.4, 0.5) is 5.69 Å². The van der Waals surface area contributed by atoms with Crippen molar-refractivity contribution in [3.05, 3.63) is 82.2 Å². The van der Waals surface area contributed by atoms with Crippen LogP contribution in [-0.4, -0.2) is 34.0 Å². The van der Waals surface area contributed by atoms with Crippen molar-refractivity contribution in [2.75, 3.05) is 19.0 Å². The largest absolute Gasteiger partial charge is 0.373 e. The zero-order valence-corrected chi connectivity index (χ0v) is 17.7. The standard InChI is InChI=1S/C24H18ClN5O/c1-30(2)19-13-18-23(29-24(19)31)28-21(14-7-4-3-5-8-14)22(27-18)16-11-15-9-6-10-26-20(15)17(25)12-16/h3-13H,1-2H3,(H,28,29,31). The molecule has 3 heterocycles. The molecule has 0 saturated carbocycles. The molecular formula is C24H18ClN5O. The molecule has 152 valence electrons. The lowest BCUT2D eigenvalue weighted by atomic mass is 10.0. The number of hydrogen-bond donors (Lipinski definition) is 1. The van der Waals surface area contributed by atoms with Gasteiger partial charge in [0.1, 0.15) is 11.2 Å². The number of nitrogens with one attached hydrogen (secondary N) is 1. The minimum absolute atomic E-state index is 0.210. The Balaban J connectivity index is 1.85. The Kier molecular flexibility index (Phi) is 4.64. The number of nitrogens with zero attached hydrogens (tertiary/aromatic N) is 4. The number of fused-ring (bicyclic) bond motifs is 2. The van der Waals surface area contributed by atoms with E-state index in [1.54, 1.807) is 17.2 Å². The molecule has 7 heteroatoms. The molecule has 0 atom stereocenters. The maximum Gasteiger partial charge on any atom is 0.273 e. The van der Waals surface area contributed by atoms with Crippen molar-refractivity contribution in [1.29, 1.82) is 0 Å². The normalized spacial score (nSPS) is 11.2. The van der Waals surface area contributed by atoms with Crippen molar-refractivity contribution in [1.82, 2.24) is 19.9 Å². The molecule has 0 radical (unpaired) electrons. The molecule has 0 saturated heterocycles. The fourth-order valence-corrected chi connectivity index (χ4v) is 3.90. The van der Waals surface area contributed by atoms with E-state index < -0.39 is 0 Å². The fraction of sp³-hybridized carbons (Fsp3) is 0.0833. The lowest BCUT2D eigenvalue weighted by Crippen LogP contribution is -2.21. The second-order valence-electron chi connectivity index (χ2n) is 7.43. The number of rotatable bonds is 3. The topological polar surface area (TPSA) is 74.8 Å². The number of hydrogen-bond acceptors (Lipinski definition) is 5. The molecule has 0 aliphatic carbocycles. The van der Waals surface area contributed by atoms with E-state index in [1.807, 2.05) is 68.7 Å². The number of aromatic nitrogens is 4. The summed E-state index contributed by atoms with van der Waals surface area (Å²) in [6.45, 7) is 0. The van der Waals surface area contributed by atoms with Crippen LogP contribution in [0.2, 0.25) is 5.02 Å². The van der Waals surface area contributed by atoms with E-state index in [0.717, 1.165) is 22.0 Å². The average Bonchev–Trinajstić information content (AvgIpc) is 2.78. The summed E-state index contributed by atoms with van der Waals surface area (Å²) in [5, 5.41) is 1.46. The van der Waals surface area contributed by atoms with Crippen LogP contribution >= 0.6 is 11.6 Å². The molecule has 5 aromatic rings. The second-order valence-corrected chi connectivity index (χ2v) is 7.84. The molecule has 0 fully saturated rings. The van der Waals surface area contributed by atoms with Crippen LogP contribution in [0.25, 0.3) is 44.6 Å². The third kappa shape index (κ3) is 3.41. The summed E-state index contributed by atoms with van der Waals surface area (Å²) in [6.07, 6.45) is 1.72. The van der Waals surface area contributed by atoms with E-state index in [0.29, 0.717) is 33.3 Å². The van der Waals surface area contributed by atoms with Crippen molar-refractivity contribution >= 4 is 39.4 Å². The molecular weight excluding hydrogens is 410 g/mol. The van der Waals surface area contributed by atoms with E-state index in [2.05, 4.69) is 9.97 Å². The zero-order valence-electron chi connectivity index (χ0n) is 16.9. The molecule has 31 heavy (non-hydrogen) atoms. The van der Waals surface area contributed by atoms with Gasteiger partial charge in [-0.15, -0.1) is 0 Å². The van der Waals surface area contributed by atoms with E-state index >= 15 is 0 Å². The van der Waals surface area contributed by atoms with Crippen molar-refractivity contribution in [3.8, 4) is 22.5 Å². The molecule has 0 spiro atoms. The molecule has 1 N–H and O–H groups in total. The number of benzene rings is 2. The summed E-state index contributed by atoms with van der Waals surface area (Å²) in [5.41, 5.74) is 5.15. The van der Waals surface area contributed by atoms with Gasteiger partial charge in [0.2, 0.25) is 0 Å². The van der Waals surface area contributed by atoms with Crippen LogP contribution in [0.3, 0.4) is 0 Å². The zero-order chi connectivity index (χ0) is 21.5. The van der Waals surface area contributed by atoms with E-state index in [1.165, 1.54) is 0 Å². The molecule has 0 unspecified atom stereocenters. The summed E-state index contributed by atoms with van der Waals surface area (Å²) in [7, 11) is 3.64. The highest BCUT2D eigenvalue weighted by Gasteiger charge is 2.17. The van der Waals surface area contributed by atoms with Gasteiger partial charge in [0.05, 0.1) is 21.9 Å². The van der Waals surface area contributed by atoms with Crippen molar-refractivity contribution in [2.45, 2.75) is 0 Å². The van der Waals surface area contributed by atoms with Crippen LogP contribution in [-0.2, 0) is 0 Å². The maximum atomic E-state index is 12.5. The molecule has 0 aliphatic heterocycles. The molecule has 0 bridgehead atoms. The van der Waals surface area contributed by atoms with Gasteiger partial charge in [0.25, 0.3) is 5.56 Å². The Morgan fingerprint density at radius 2 is 1.68 bits per heavy atom. The van der Waals surface area contributed by atoms with E-state index in [9.17, 15) is 4.79 Å². The predicted octanol–water partition coefficient (Wildman–Crippen LogP) is 4.92. The van der Waals surface area contributed by atoms with Crippen molar-refractivity contribution in [2.24, 2.45) is 0 Å². The van der Waals surface area contributed by atoms with Gasteiger partial charge < -0.3 is 9.88 Å². The lowest BCUT2D eigenvalue weighted by Gasteiger charge is -2.14. The Labute approximate surface area is 183 Å². The van der Waals surface area contributed by atoms with E-state index in [-0.39, 0.29) is 5.56 Å². The first-order chi connectivity index (χ1) is 15.0. The van der Waals surface area contributed by atoms with Gasteiger partial charge in [0, 0.05) is 36.8 Å². The summed E-state index contributed by atoms with van der Waals surface area (Å²) in [4.78, 5) is 31.2. The Bertz CT molecular complexity index is 1500. The minimum atomic E-state index is -0.210. The third-order valence-corrected chi connectivity index (χ3v) is 5.41. The van der Waals surface area contributed by atoms with Crippen LogP contribution in [0.15, 0.2) is 71.7 Å². The molecule has 0 aliphatic rings. The summed E-state index contributed by atoms with van der Waals surface area (Å²) in [6, 6.07) is 19.2. The number of H-pyrrole nitrogens is 1. The fourth-order valence-electron chi connectivity index (χ4n) is 3.62. The predicted molar refractivity (Wildman–Crippen MR) is 126 cm³/mol. The third-order valence-electron chi connectivity index (χ3n) is 5.12. The summed E-state index contributed by atoms with van der Waals surface area (Å²) in [5.74, 6) is 0. The van der Waals surface area contributed by atoms with Crippen LogP contribution in [0, 0.1) is 0 Å². The lowest BCUT2D eigenvalue weighted by molar-refractivity contribution is 1.08. The number of pyridine rings is 2. The summed E-state index contributed by atoms with van der Waals surface area (Å²) >= 11 is 6.55. The number of aromatic amines is 1. The Morgan fingerprint density at radius 1 is 0.903 bits per heavy atom. The Hall–Kier alpha value is -3.77. The number of anilines is 1. The SMILES string of the molecule is CN(C)c1cc2nc(-c3cc(Cl)c4ncccc4c3)c(-c3ccccc3)nc2[nH]c1=O. The average molecular weight is 428 g/mol. The van der Waals surface area contributed by atoms with Gasteiger partial charge in [0.15, 0.2) is 5.65 Å². The van der Waals surface area contributed by atoms with Crippen molar-refractivity contribution < 1.29 is 0 Å². The Morgan fingerprint density at radius 3 is 2.45 bits per heavy atom. The van der Waals surface area contributed by atoms with Gasteiger partial charge in [-0.1, -0.05) is 48.0 Å². The van der Waals surface area contributed by atoms with Crippen LogP contribution in [0.1, 0.15) is 0 Å². The first-order valence-electron chi connectivity index (χ1n) is 9.74. The second kappa shape index (κ2) is 7.49. The highest BCUT2D eigenvalue weighted by molar-refractivity contribution is 6.35. The molecule has 3 aromatic heterocycles. The van der Waals surface area contributed by atoms with Gasteiger partial charge >= 0.3 is 0 Å². The minimum Gasteiger partial charge on any atom is -0.373 e. The maximum absolute atomic E-state index is 12.5. The molecule has 5 rings (SSSR count). The van der Waals surface area contributed by atoms with Crippen LogP contribution < -0.4 is 10.5 Å². The highest BCUT2D eigenvalue weighted by atomic mass is 35.5. The first-order valence-corrected chi connectivity index (χ1v) is 10.1. The quantitative estimate of drug-likeness (QED) is 0.442. The molecule has 2 aromatic carbocycles. The molecule has 0 amide bonds. The first kappa shape index (κ1) is 19.2. The smallest absolute Gasteiger partial charge is 0.273 e. The van der Waals surface area contributed by atoms with Gasteiger partial charge in [-0.05, 0) is 24.3 Å². The van der Waals surface area contributed by atoms with Crippen molar-refractivity contribution in [3.63, 3.8) is 0 Å². The van der Waals surface area contributed by atoms with Gasteiger partial charge in [-0.3, -0.25) is 9.78 Å². The van der Waals surface area contributed by atoms with Crippen LogP contribution in [0.5, 0.6) is 0 Å². The van der Waals surface area contributed by atoms with Gasteiger partial charge in [-0.25, -0.2) is 9.97 Å². The monoisotopic (exact) mass is 427 g/mol. The van der Waals surface area contributed by atoms with Gasteiger partial charge in [-0.2, -0.15) is 0 Å². The summed E-state index contributed by atoms with van der Waals surface area (Å²) < 4.78 is 0.